The van der Waals surface area contributed by atoms with Gasteiger partial charge in [0.15, 0.2) is 0 Å². The van der Waals surface area contributed by atoms with Crippen LogP contribution in [0.4, 0.5) is 0 Å². The van der Waals surface area contributed by atoms with Crippen LogP contribution in [0.25, 0.3) is 61.2 Å². The summed E-state index contributed by atoms with van der Waals surface area (Å²) in [5.41, 5.74) is 10.5. The summed E-state index contributed by atoms with van der Waals surface area (Å²) in [5.74, 6) is 1.38. The monoisotopic (exact) mass is 522 g/mol. The number of benzene rings is 4. The summed E-state index contributed by atoms with van der Waals surface area (Å²) in [5, 5.41) is 10.6. The van der Waals surface area contributed by atoms with Crippen molar-refractivity contribution in [3.63, 3.8) is 0 Å². The van der Waals surface area contributed by atoms with Crippen LogP contribution in [0.5, 0.6) is 0 Å². The Morgan fingerprint density at radius 2 is 1.35 bits per heavy atom. The Bertz CT molecular complexity index is 1990. The standard InChI is InChI=1S/C35H30N4O/c1-21(2)28-17-24(23-11-6-5-7-12-23)18-29(22(3)4)33(28)39-31-20-37-36-19-30(31)38-35(39)27-15-10-14-26-25-13-8-9-16-32(25)40-34(26)27/h5-22H,1-4H3. The average Bonchev–Trinajstić information content (AvgIpc) is 3.55. The smallest absolute Gasteiger partial charge is 0.149 e. The molecule has 0 fully saturated rings. The van der Waals surface area contributed by atoms with Gasteiger partial charge in [0.25, 0.3) is 0 Å². The molecule has 0 unspecified atom stereocenters. The highest BCUT2D eigenvalue weighted by molar-refractivity contribution is 6.09. The Labute approximate surface area is 233 Å². The second-order valence-corrected chi connectivity index (χ2v) is 11.0. The molecule has 7 rings (SSSR count). The highest BCUT2D eigenvalue weighted by atomic mass is 16.3. The summed E-state index contributed by atoms with van der Waals surface area (Å²) in [6, 6.07) is 29.8. The first kappa shape index (κ1) is 24.3. The number of hydrogen-bond acceptors (Lipinski definition) is 4. The molecule has 5 nitrogen and oxygen atoms in total. The third-order valence-corrected chi connectivity index (χ3v) is 7.76. The molecule has 196 valence electrons. The number of aromatic nitrogens is 4. The lowest BCUT2D eigenvalue weighted by atomic mass is 9.88. The zero-order chi connectivity index (χ0) is 27.4. The molecule has 0 saturated heterocycles. The molecule has 0 amide bonds. The molecule has 40 heavy (non-hydrogen) atoms. The molecule has 0 saturated carbocycles. The van der Waals surface area contributed by atoms with Crippen LogP contribution in [0, 0.1) is 0 Å². The van der Waals surface area contributed by atoms with E-state index in [1.807, 2.05) is 18.3 Å². The lowest BCUT2D eigenvalue weighted by molar-refractivity contribution is 0.669. The van der Waals surface area contributed by atoms with Gasteiger partial charge in [0.1, 0.15) is 22.5 Å². The van der Waals surface area contributed by atoms with Gasteiger partial charge in [-0.1, -0.05) is 88.4 Å². The minimum Gasteiger partial charge on any atom is -0.455 e. The Morgan fingerprint density at radius 1 is 0.675 bits per heavy atom. The lowest BCUT2D eigenvalue weighted by Crippen LogP contribution is -2.09. The fourth-order valence-corrected chi connectivity index (χ4v) is 5.79. The topological polar surface area (TPSA) is 56.7 Å². The molecule has 0 aliphatic heterocycles. The van der Waals surface area contributed by atoms with Gasteiger partial charge in [-0.3, -0.25) is 4.57 Å². The normalized spacial score (nSPS) is 11.9. The second-order valence-electron chi connectivity index (χ2n) is 11.0. The van der Waals surface area contributed by atoms with E-state index < -0.39 is 0 Å². The summed E-state index contributed by atoms with van der Waals surface area (Å²) in [4.78, 5) is 5.16. The number of imidazole rings is 1. The van der Waals surface area contributed by atoms with Gasteiger partial charge >= 0.3 is 0 Å². The van der Waals surface area contributed by atoms with E-state index in [1.54, 1.807) is 6.20 Å². The quantitative estimate of drug-likeness (QED) is 0.226. The minimum atomic E-state index is 0.276. The van der Waals surface area contributed by atoms with Crippen LogP contribution in [0.15, 0.2) is 102 Å². The van der Waals surface area contributed by atoms with Crippen molar-refractivity contribution >= 4 is 33.0 Å². The molecule has 0 spiro atoms. The molecule has 3 aromatic heterocycles. The molecule has 0 N–H and O–H groups in total. The van der Waals surface area contributed by atoms with Crippen molar-refractivity contribution in [2.24, 2.45) is 0 Å². The van der Waals surface area contributed by atoms with Gasteiger partial charge in [-0.2, -0.15) is 10.2 Å². The fourth-order valence-electron chi connectivity index (χ4n) is 5.79. The maximum absolute atomic E-state index is 6.47. The van der Waals surface area contributed by atoms with Crippen LogP contribution in [0.1, 0.15) is 50.7 Å². The maximum atomic E-state index is 6.47. The molecular weight excluding hydrogens is 492 g/mol. The zero-order valence-electron chi connectivity index (χ0n) is 23.1. The molecule has 7 aromatic rings. The van der Waals surface area contributed by atoms with Gasteiger partial charge < -0.3 is 4.42 Å². The number of hydrogen-bond donors (Lipinski definition) is 0. The number of furan rings is 1. The number of rotatable bonds is 5. The Morgan fingerprint density at radius 3 is 2.10 bits per heavy atom. The molecule has 5 heteroatoms. The van der Waals surface area contributed by atoms with Crippen molar-refractivity contribution < 1.29 is 4.42 Å². The van der Waals surface area contributed by atoms with Crippen LogP contribution in [-0.4, -0.2) is 19.7 Å². The van der Waals surface area contributed by atoms with E-state index in [-0.39, 0.29) is 11.8 Å². The SMILES string of the molecule is CC(C)c1cc(-c2ccccc2)cc(C(C)C)c1-n1c(-c2cccc3c2oc2ccccc23)nc2cnncc21. The van der Waals surface area contributed by atoms with E-state index in [4.69, 9.17) is 9.40 Å². The number of nitrogens with zero attached hydrogens (tertiary/aromatic N) is 4. The van der Waals surface area contributed by atoms with Gasteiger partial charge in [0.2, 0.25) is 0 Å². The summed E-state index contributed by atoms with van der Waals surface area (Å²) in [7, 11) is 0. The summed E-state index contributed by atoms with van der Waals surface area (Å²) < 4.78 is 8.76. The molecule has 0 aliphatic rings. The third kappa shape index (κ3) is 3.81. The van der Waals surface area contributed by atoms with Crippen LogP contribution >= 0.6 is 0 Å². The molecule has 0 aliphatic carbocycles. The van der Waals surface area contributed by atoms with Crippen molar-refractivity contribution in [3.8, 4) is 28.2 Å². The van der Waals surface area contributed by atoms with Crippen LogP contribution in [-0.2, 0) is 0 Å². The van der Waals surface area contributed by atoms with E-state index >= 15 is 0 Å². The maximum Gasteiger partial charge on any atom is 0.149 e. The van der Waals surface area contributed by atoms with Crippen molar-refractivity contribution in [2.75, 3.05) is 0 Å². The highest BCUT2D eigenvalue weighted by Crippen LogP contribution is 2.42. The molecule has 3 heterocycles. The Balaban J connectivity index is 1.59. The average molecular weight is 523 g/mol. The fraction of sp³-hybridized carbons (Fsp3) is 0.171. The van der Waals surface area contributed by atoms with Gasteiger partial charge in [-0.05, 0) is 58.4 Å². The number of para-hydroxylation sites is 2. The molecule has 0 bridgehead atoms. The first-order valence-corrected chi connectivity index (χ1v) is 13.8. The predicted molar refractivity (Wildman–Crippen MR) is 163 cm³/mol. The van der Waals surface area contributed by atoms with Crippen molar-refractivity contribution in [1.82, 2.24) is 19.7 Å². The van der Waals surface area contributed by atoms with E-state index in [1.165, 1.54) is 22.3 Å². The number of fused-ring (bicyclic) bond motifs is 4. The largest absolute Gasteiger partial charge is 0.455 e. The van der Waals surface area contributed by atoms with E-state index in [9.17, 15) is 0 Å². The minimum absolute atomic E-state index is 0.276. The Hall–Kier alpha value is -4.77. The van der Waals surface area contributed by atoms with Crippen LogP contribution in [0.2, 0.25) is 0 Å². The first-order chi connectivity index (χ1) is 19.5. The summed E-state index contributed by atoms with van der Waals surface area (Å²) in [6.45, 7) is 9.04. The molecule has 0 atom stereocenters. The van der Waals surface area contributed by atoms with Gasteiger partial charge in [-0.15, -0.1) is 0 Å². The van der Waals surface area contributed by atoms with Crippen LogP contribution in [0.3, 0.4) is 0 Å². The van der Waals surface area contributed by atoms with E-state index in [2.05, 4.69) is 115 Å². The van der Waals surface area contributed by atoms with Crippen molar-refractivity contribution in [2.45, 2.75) is 39.5 Å². The van der Waals surface area contributed by atoms with Crippen LogP contribution < -0.4 is 0 Å². The first-order valence-electron chi connectivity index (χ1n) is 13.8. The van der Waals surface area contributed by atoms with Gasteiger partial charge in [0.05, 0.1) is 29.2 Å². The van der Waals surface area contributed by atoms with E-state index in [0.29, 0.717) is 0 Å². The predicted octanol–water partition coefficient (Wildman–Crippen LogP) is 9.30. The highest BCUT2D eigenvalue weighted by Gasteiger charge is 2.25. The molecule has 0 radical (unpaired) electrons. The lowest BCUT2D eigenvalue weighted by Gasteiger charge is -2.24. The Kier molecular flexibility index (Phi) is 5.74. The second kappa shape index (κ2) is 9.45. The van der Waals surface area contributed by atoms with Gasteiger partial charge in [-0.25, -0.2) is 4.98 Å². The van der Waals surface area contributed by atoms with E-state index in [0.717, 1.165) is 50.0 Å². The van der Waals surface area contributed by atoms with Gasteiger partial charge in [0, 0.05) is 10.8 Å². The zero-order valence-corrected chi connectivity index (χ0v) is 23.1. The van der Waals surface area contributed by atoms with Crippen molar-refractivity contribution in [1.29, 1.82) is 0 Å². The van der Waals surface area contributed by atoms with Crippen molar-refractivity contribution in [3.05, 3.63) is 108 Å². The summed E-state index contributed by atoms with van der Waals surface area (Å²) in [6.07, 6.45) is 3.57. The third-order valence-electron chi connectivity index (χ3n) is 7.76. The molecule has 4 aromatic carbocycles. The molecular formula is C35H30N4O. The summed E-state index contributed by atoms with van der Waals surface area (Å²) >= 11 is 0.